The zero-order valence-corrected chi connectivity index (χ0v) is 81.2. The van der Waals surface area contributed by atoms with E-state index in [1.54, 1.807) is 95.6 Å². The summed E-state index contributed by atoms with van der Waals surface area (Å²) in [5.41, 5.74) is 12.9. The van der Waals surface area contributed by atoms with Crippen molar-refractivity contribution >= 4 is 97.9 Å². The average molecular weight is 2170 g/mol. The van der Waals surface area contributed by atoms with Crippen LogP contribution in [0.15, 0.2) is 205 Å². The first kappa shape index (κ1) is 108. The molecule has 49 heteroatoms. The Labute approximate surface area is 851 Å². The lowest BCUT2D eigenvalue weighted by atomic mass is 9.98. The maximum Gasteiger partial charge on any atom is 0.363 e. The fourth-order valence-electron chi connectivity index (χ4n) is 16.2. The maximum absolute atomic E-state index is 14.8. The summed E-state index contributed by atoms with van der Waals surface area (Å²) in [6.45, 7) is -1.94. The van der Waals surface area contributed by atoms with Crippen LogP contribution in [-0.4, -0.2) is 201 Å². The van der Waals surface area contributed by atoms with Gasteiger partial charge in [-0.25, -0.2) is 90.2 Å². The molecule has 0 atom stereocenters. The summed E-state index contributed by atoms with van der Waals surface area (Å²) in [4.78, 5) is 100. The molecule has 3 amide bonds. The van der Waals surface area contributed by atoms with E-state index < -0.39 is 74.4 Å². The summed E-state index contributed by atoms with van der Waals surface area (Å²) in [6, 6.07) is 41.3. The summed E-state index contributed by atoms with van der Waals surface area (Å²) in [5.74, 6) is -16.1. The number of fused-ring (bicyclic) bond motifs is 3. The molecule has 774 valence electrons. The summed E-state index contributed by atoms with van der Waals surface area (Å²) in [6.07, 6.45) is 7.51. The van der Waals surface area contributed by atoms with Crippen molar-refractivity contribution in [1.29, 1.82) is 0 Å². The lowest BCUT2D eigenvalue weighted by Gasteiger charge is -2.40. The number of ether oxygens (including phenoxy) is 4. The summed E-state index contributed by atoms with van der Waals surface area (Å²) < 4.78 is 234. The van der Waals surface area contributed by atoms with Gasteiger partial charge in [-0.05, 0) is 174 Å². The highest BCUT2D eigenvalue weighted by Gasteiger charge is 2.48. The molecule has 148 heavy (non-hydrogen) atoms. The second kappa shape index (κ2) is 45.3. The number of nitrogens with zero attached hydrogens (tertiary/aromatic N) is 16. The number of anilines is 5. The van der Waals surface area contributed by atoms with Crippen LogP contribution in [0.5, 0.6) is 23.0 Å². The van der Waals surface area contributed by atoms with Gasteiger partial charge in [0.2, 0.25) is 0 Å². The van der Waals surface area contributed by atoms with Crippen molar-refractivity contribution in [2.75, 3.05) is 119 Å². The largest absolute Gasteiger partial charge is 0.497 e. The minimum atomic E-state index is -2.71. The number of nitrogens with one attached hydrogen (secondary N) is 2. The van der Waals surface area contributed by atoms with Crippen molar-refractivity contribution in [2.45, 2.75) is 75.2 Å². The molecule has 8 aliphatic rings. The number of hydrogen-bond acceptors (Lipinski definition) is 25. The van der Waals surface area contributed by atoms with E-state index in [-0.39, 0.29) is 197 Å². The second-order valence-electron chi connectivity index (χ2n) is 34.3. The van der Waals surface area contributed by atoms with Crippen molar-refractivity contribution in [3.63, 3.8) is 0 Å². The first-order valence-corrected chi connectivity index (χ1v) is 45.5. The molecule has 5 fully saturated rings. The van der Waals surface area contributed by atoms with Crippen LogP contribution in [0.25, 0.3) is 33.8 Å². The van der Waals surface area contributed by atoms with E-state index in [1.807, 2.05) is 12.1 Å². The van der Waals surface area contributed by atoms with Crippen LogP contribution in [0, 0.1) is 55.1 Å². The van der Waals surface area contributed by atoms with Gasteiger partial charge in [-0.15, -0.1) is 12.4 Å². The standard InChI is InChI=1S/C31H26F4N4O3.C22H17ClF2N2O3.C22H16F4N4O.C8H7F2N3O2.C8H9F2N3.C5H3BrN2O2.C3H5F2N.ClH/c1-41-22-9-6-18(27(12-22)42-2)14-38-15-26-28(30(38)40)19(11-25(37-26)29-23(32)4-3-5-24(29)33)10-20-7-8-21(13-36-20)39-16-31(34,35)17-39;1-29-13-7-6-12(19(8-13)30-2)10-27-11-18-20(22(27)28)14(23)9-17(26-18)21-15(24)4-3-5-16(21)25;23-15-2-1-3-16(24)20(15)17-7-12(19-18(29-17)9-28-21(19)31)6-13-4-5-14(8-27-13)30-10-22(25,26)11-30;9-8(10)4-12(5-8)6-1-2-7(11-3-6)13(14)15;9-8(10)4-13(5-8)6-1-2-7(11)12-3-6;6-4-1-2-5(7-3-4)8(9)10;4-3(5)1-6-2-3;/h3-9,11-13H,10,14-17H2,1-2H3;3-9H,10-11H2,1-2H3;1-5,7-8H,6,9-11H2,(H,28,31);1-3H,4-5H2;1-3H,4-5H2,(H2,11,12);1-3H;6H,1-2H2;1H. The van der Waals surface area contributed by atoms with Gasteiger partial charge in [-0.1, -0.05) is 29.8 Å². The number of pyridine rings is 8. The van der Waals surface area contributed by atoms with Gasteiger partial charge in [0, 0.05) is 59.6 Å². The first-order valence-electron chi connectivity index (χ1n) is 44.3. The van der Waals surface area contributed by atoms with Crippen LogP contribution in [0.3, 0.4) is 0 Å². The summed E-state index contributed by atoms with van der Waals surface area (Å²) in [7, 11) is 6.16. The number of carbonyl (C=O) groups excluding carboxylic acids is 3. The van der Waals surface area contributed by atoms with Crippen LogP contribution < -0.4 is 54.9 Å². The number of benzene rings is 5. The van der Waals surface area contributed by atoms with Gasteiger partial charge < -0.3 is 84.9 Å². The fraction of sp³-hybridized carbons (Fsp3) is 0.263. The van der Waals surface area contributed by atoms with E-state index in [2.05, 4.69) is 66.4 Å². The number of hydrogen-bond donors (Lipinski definition) is 3. The highest BCUT2D eigenvalue weighted by Crippen LogP contribution is 2.43. The minimum absolute atomic E-state index is 0. The highest BCUT2D eigenvalue weighted by molar-refractivity contribution is 9.10. The zero-order chi connectivity index (χ0) is 105. The smallest absolute Gasteiger partial charge is 0.363 e. The normalized spacial score (nSPS) is 15.9. The summed E-state index contributed by atoms with van der Waals surface area (Å²) >= 11 is 9.43. The molecular formula is C99H84BrCl2F16N19O11. The molecule has 0 aliphatic carbocycles. The van der Waals surface area contributed by atoms with E-state index in [4.69, 9.17) is 36.3 Å². The van der Waals surface area contributed by atoms with Crippen molar-refractivity contribution < 1.29 is 113 Å². The van der Waals surface area contributed by atoms with Gasteiger partial charge in [0.15, 0.2) is 12.4 Å². The molecule has 21 rings (SSSR count). The van der Waals surface area contributed by atoms with Crippen LogP contribution >= 0.6 is 39.9 Å². The highest BCUT2D eigenvalue weighted by atomic mass is 79.9. The van der Waals surface area contributed by atoms with Gasteiger partial charge in [-0.3, -0.25) is 24.4 Å². The lowest BCUT2D eigenvalue weighted by molar-refractivity contribution is -0.389. The number of aromatic nitrogens is 8. The number of nitrogens with two attached hydrogens (primary N) is 1. The third kappa shape index (κ3) is 25.8. The molecule has 8 aliphatic heterocycles. The van der Waals surface area contributed by atoms with Crippen LogP contribution in [0.1, 0.15) is 81.8 Å². The molecule has 30 nitrogen and oxygen atoms in total. The Morgan fingerprint density at radius 2 is 0.764 bits per heavy atom. The molecule has 0 bridgehead atoms. The third-order valence-electron chi connectivity index (χ3n) is 23.6. The molecule has 8 aromatic heterocycles. The predicted octanol–water partition coefficient (Wildman–Crippen LogP) is 19.2. The van der Waals surface area contributed by atoms with E-state index in [1.165, 1.54) is 115 Å². The number of carbonyl (C=O) groups is 3. The van der Waals surface area contributed by atoms with E-state index in [9.17, 15) is 105 Å². The molecule has 0 spiro atoms. The average Bonchev–Trinajstić information content (AvgIpc) is 1.66. The van der Waals surface area contributed by atoms with Crippen molar-refractivity contribution in [2.24, 2.45) is 0 Å². The lowest BCUT2D eigenvalue weighted by Crippen LogP contribution is -2.56. The molecule has 13 aromatic rings. The van der Waals surface area contributed by atoms with Gasteiger partial charge in [0.05, 0.1) is 245 Å². The maximum atomic E-state index is 14.8. The Balaban J connectivity index is 0.000000146. The molecule has 0 saturated carbocycles. The molecule has 0 unspecified atom stereocenters. The minimum Gasteiger partial charge on any atom is -0.497 e. The fourth-order valence-corrected chi connectivity index (χ4v) is 16.8. The van der Waals surface area contributed by atoms with Gasteiger partial charge >= 0.3 is 11.6 Å². The summed E-state index contributed by atoms with van der Waals surface area (Å²) in [5, 5.41) is 25.6. The molecule has 5 aromatic carbocycles. The van der Waals surface area contributed by atoms with E-state index in [0.29, 0.717) is 102 Å². The number of nitrogen functional groups attached to an aromatic ring is 1. The monoisotopic (exact) mass is 2170 g/mol. The Hall–Kier alpha value is -15.4. The zero-order valence-electron chi connectivity index (χ0n) is 78.0. The Bertz CT molecular complexity index is 7030. The number of alkyl halides is 10. The molecule has 4 N–H and O–H groups in total. The van der Waals surface area contributed by atoms with E-state index >= 15 is 0 Å². The Kier molecular flexibility index (Phi) is 33.2. The van der Waals surface area contributed by atoms with Crippen LogP contribution in [0.4, 0.5) is 110 Å². The van der Waals surface area contributed by atoms with Crippen LogP contribution in [0.2, 0.25) is 5.02 Å². The topological polar surface area (TPSA) is 347 Å². The quantitative estimate of drug-likeness (QED) is 0.0342. The Morgan fingerprint density at radius 3 is 1.09 bits per heavy atom. The number of rotatable bonds is 21. The van der Waals surface area contributed by atoms with Gasteiger partial charge in [0.25, 0.3) is 47.3 Å². The Morgan fingerprint density at radius 1 is 0.412 bits per heavy atom. The van der Waals surface area contributed by atoms with Crippen molar-refractivity contribution in [1.82, 2.24) is 60.3 Å². The molecule has 0 radical (unpaired) electrons. The van der Waals surface area contributed by atoms with E-state index in [0.717, 1.165) is 52.0 Å². The number of nitro groups is 2. The van der Waals surface area contributed by atoms with Gasteiger partial charge in [0.1, 0.15) is 63.7 Å². The number of halogens is 19. The van der Waals surface area contributed by atoms with Crippen LogP contribution in [-0.2, 0) is 45.6 Å². The number of methoxy groups -OCH3 is 4. The predicted molar refractivity (Wildman–Crippen MR) is 517 cm³/mol. The number of amides is 3. The van der Waals surface area contributed by atoms with Crippen molar-refractivity contribution in [3.05, 3.63) is 333 Å². The second-order valence-corrected chi connectivity index (χ2v) is 35.6. The first-order chi connectivity index (χ1) is 69.8. The molecule has 16 heterocycles. The van der Waals surface area contributed by atoms with Crippen molar-refractivity contribution in [3.8, 4) is 56.8 Å². The SMILES string of the molecule is COc1ccc(CN2Cc3nc(-c4c(F)cccc4F)cc(Cc4ccc(N5CC(F)(F)C5)cn4)c3C2=O)c(OC)c1.COc1ccc(CN2Cc3nc(-c4c(F)cccc4F)cc(Cl)c3C2=O)c(OC)c1.Cl.FC1(F)CNC1.Nc1ccc(N2CC(F)(F)C2)cn1.O=C1NCc2nc(-c3c(F)cccc3F)cc(Cc3ccc(N4CC(F)(F)C4)cn3)c21.O=[N+]([O-])c1ccc(Br)cn1.O=[N+]([O-])c1ccc(N2CC(F)(F)C2)cn1. The molecular weight excluding hydrogens is 2090 g/mol. The van der Waals surface area contributed by atoms with Gasteiger partial charge in [-0.2, -0.15) is 0 Å². The third-order valence-corrected chi connectivity index (χ3v) is 24.4. The molecule has 5 saturated heterocycles.